The third kappa shape index (κ3) is 5.91. The number of ether oxygens (including phenoxy) is 1. The monoisotopic (exact) mass is 502 g/mol. The first kappa shape index (κ1) is 26.2. The van der Waals surface area contributed by atoms with Gasteiger partial charge in [0, 0.05) is 12.5 Å². The molecule has 0 radical (unpaired) electrons. The number of rotatable bonds is 5. The third-order valence-electron chi connectivity index (χ3n) is 7.04. The molecular weight excluding hydrogens is 471 g/mol. The molecule has 0 unspecified atom stereocenters. The van der Waals surface area contributed by atoms with E-state index in [9.17, 15) is 19.2 Å². The van der Waals surface area contributed by atoms with Gasteiger partial charge < -0.3 is 10.1 Å². The number of hydrogen-bond donors (Lipinski definition) is 1. The molecule has 2 aromatic carbocycles. The quantitative estimate of drug-likeness (QED) is 0.613. The Kier molecular flexibility index (Phi) is 7.50. The Labute approximate surface area is 216 Å². The predicted molar refractivity (Wildman–Crippen MR) is 135 cm³/mol. The van der Waals surface area contributed by atoms with Crippen molar-refractivity contribution in [2.75, 3.05) is 0 Å². The molecular formula is C29H31FN4O3. The van der Waals surface area contributed by atoms with Gasteiger partial charge in [-0.2, -0.15) is 10.5 Å². The van der Waals surface area contributed by atoms with E-state index in [-0.39, 0.29) is 29.9 Å². The van der Waals surface area contributed by atoms with Gasteiger partial charge in [0.2, 0.25) is 5.91 Å². The van der Waals surface area contributed by atoms with E-state index in [2.05, 4.69) is 11.4 Å². The zero-order valence-electron chi connectivity index (χ0n) is 21.3. The Hall–Kier alpha value is -3.91. The summed E-state index contributed by atoms with van der Waals surface area (Å²) in [4.78, 5) is 28.0. The number of hydrogen-bond acceptors (Lipinski definition) is 5. The summed E-state index contributed by atoms with van der Waals surface area (Å²) in [5, 5.41) is 21.5. The van der Waals surface area contributed by atoms with Crippen LogP contribution in [0.25, 0.3) is 11.1 Å². The second kappa shape index (κ2) is 10.6. The lowest BCUT2D eigenvalue weighted by Crippen LogP contribution is -2.64. The summed E-state index contributed by atoms with van der Waals surface area (Å²) in [5.74, 6) is -0.853. The van der Waals surface area contributed by atoms with Crippen molar-refractivity contribution in [3.05, 3.63) is 59.4 Å². The Morgan fingerprint density at radius 2 is 1.73 bits per heavy atom. The van der Waals surface area contributed by atoms with E-state index < -0.39 is 29.6 Å². The number of nitrogens with one attached hydrogen (secondary N) is 1. The fourth-order valence-electron chi connectivity index (χ4n) is 5.31. The Morgan fingerprint density at radius 3 is 2.30 bits per heavy atom. The highest BCUT2D eigenvalue weighted by molar-refractivity contribution is 5.87. The number of fused-ring (bicyclic) bond motifs is 3. The molecule has 2 aliphatic heterocycles. The Morgan fingerprint density at radius 1 is 1.08 bits per heavy atom. The maximum absolute atomic E-state index is 14.0. The highest BCUT2D eigenvalue weighted by Crippen LogP contribution is 2.40. The highest BCUT2D eigenvalue weighted by Gasteiger charge is 2.49. The first-order valence-corrected chi connectivity index (χ1v) is 12.6. The molecule has 3 aliphatic rings. The molecule has 0 spiro atoms. The molecule has 2 saturated heterocycles. The van der Waals surface area contributed by atoms with Gasteiger partial charge in [0.1, 0.15) is 29.6 Å². The third-order valence-corrected chi connectivity index (χ3v) is 7.04. The Balaban J connectivity index is 1.44. The summed E-state index contributed by atoms with van der Waals surface area (Å²) in [7, 11) is 0. The van der Waals surface area contributed by atoms with Crippen molar-refractivity contribution >= 4 is 12.0 Å². The second-order valence-corrected chi connectivity index (χ2v) is 10.8. The minimum atomic E-state index is -0.772. The molecule has 2 heterocycles. The minimum Gasteiger partial charge on any atom is -0.444 e. The predicted octanol–water partition coefficient (Wildman–Crippen LogP) is 5.09. The molecule has 8 heteroatoms. The lowest BCUT2D eigenvalue weighted by atomic mass is 9.74. The highest BCUT2D eigenvalue weighted by atomic mass is 19.1. The van der Waals surface area contributed by atoms with Crippen LogP contribution in [0.2, 0.25) is 0 Å². The van der Waals surface area contributed by atoms with Crippen LogP contribution in [0.5, 0.6) is 0 Å². The maximum atomic E-state index is 14.0. The number of halogens is 1. The van der Waals surface area contributed by atoms with Gasteiger partial charge in [-0.05, 0) is 81.2 Å². The number of benzene rings is 2. The molecule has 2 amide bonds. The van der Waals surface area contributed by atoms with Gasteiger partial charge in [-0.3, -0.25) is 9.69 Å². The molecule has 1 aliphatic carbocycles. The molecule has 37 heavy (non-hydrogen) atoms. The largest absolute Gasteiger partial charge is 0.444 e. The molecule has 0 aromatic heterocycles. The summed E-state index contributed by atoms with van der Waals surface area (Å²) in [5.41, 5.74) is 1.57. The standard InChI is InChI=1S/C29H31FN4O3/c1-29(2,3)37-28(36)34-24-12-10-20(11-13-24)26(34)27(35)33-23(17-32)14-18-4-6-19(7-5-18)21-8-9-22(16-31)25(30)15-21/h4-9,15,20,23-24,26H,10-14H2,1-3H3,(H,33,35)/t20?,23-,24?,26-/m0/s1. The average molecular weight is 503 g/mol. The molecule has 3 fully saturated rings. The smallest absolute Gasteiger partial charge is 0.411 e. The summed E-state index contributed by atoms with van der Waals surface area (Å²) < 4.78 is 19.6. The van der Waals surface area contributed by atoms with E-state index in [0.29, 0.717) is 5.56 Å². The van der Waals surface area contributed by atoms with Gasteiger partial charge in [-0.1, -0.05) is 30.3 Å². The van der Waals surface area contributed by atoms with Gasteiger partial charge in [0.05, 0.1) is 11.6 Å². The number of nitrogens with zero attached hydrogens (tertiary/aromatic N) is 3. The lowest BCUT2D eigenvalue weighted by Gasteiger charge is -2.50. The maximum Gasteiger partial charge on any atom is 0.411 e. The van der Waals surface area contributed by atoms with Crippen molar-refractivity contribution < 1.29 is 18.7 Å². The van der Waals surface area contributed by atoms with Gasteiger partial charge >= 0.3 is 6.09 Å². The fourth-order valence-corrected chi connectivity index (χ4v) is 5.31. The van der Waals surface area contributed by atoms with Crippen LogP contribution in [0.1, 0.15) is 57.6 Å². The van der Waals surface area contributed by atoms with Gasteiger partial charge in [0.15, 0.2) is 0 Å². The number of amides is 2. The normalized spacial score (nSPS) is 21.5. The summed E-state index contributed by atoms with van der Waals surface area (Å²) in [6, 6.07) is 14.3. The molecule has 5 rings (SSSR count). The van der Waals surface area contributed by atoms with Crippen LogP contribution in [0, 0.1) is 34.4 Å². The Bertz CT molecular complexity index is 1250. The molecule has 2 atom stereocenters. The van der Waals surface area contributed by atoms with Gasteiger partial charge in [-0.15, -0.1) is 0 Å². The fraction of sp³-hybridized carbons (Fsp3) is 0.448. The molecule has 192 valence electrons. The van der Waals surface area contributed by atoms with Crippen LogP contribution in [-0.2, 0) is 16.0 Å². The van der Waals surface area contributed by atoms with E-state index in [1.54, 1.807) is 31.7 Å². The molecule has 1 saturated carbocycles. The van der Waals surface area contributed by atoms with Crippen LogP contribution in [-0.4, -0.2) is 40.6 Å². The second-order valence-electron chi connectivity index (χ2n) is 10.8. The van der Waals surface area contributed by atoms with Crippen molar-refractivity contribution in [3.8, 4) is 23.3 Å². The van der Waals surface area contributed by atoms with Gasteiger partial charge in [0.25, 0.3) is 0 Å². The van der Waals surface area contributed by atoms with E-state index in [4.69, 9.17) is 10.00 Å². The summed E-state index contributed by atoms with van der Waals surface area (Å²) in [6.45, 7) is 5.41. The first-order chi connectivity index (χ1) is 17.6. The minimum absolute atomic E-state index is 0.00982. The zero-order chi connectivity index (χ0) is 26.7. The molecule has 7 nitrogen and oxygen atoms in total. The van der Waals surface area contributed by atoms with Crippen LogP contribution in [0.15, 0.2) is 42.5 Å². The van der Waals surface area contributed by atoms with Crippen molar-refractivity contribution in [2.24, 2.45) is 5.92 Å². The van der Waals surface area contributed by atoms with Crippen LogP contribution >= 0.6 is 0 Å². The van der Waals surface area contributed by atoms with Crippen molar-refractivity contribution in [3.63, 3.8) is 0 Å². The zero-order valence-corrected chi connectivity index (χ0v) is 21.3. The van der Waals surface area contributed by atoms with E-state index >= 15 is 0 Å². The van der Waals surface area contributed by atoms with Gasteiger partial charge in [-0.25, -0.2) is 9.18 Å². The first-order valence-electron chi connectivity index (χ1n) is 12.6. The van der Waals surface area contributed by atoms with Crippen molar-refractivity contribution in [1.82, 2.24) is 10.2 Å². The SMILES string of the molecule is CC(C)(C)OC(=O)N1C2CCC(CC2)[C@H]1C(=O)N[C@H](C#N)Cc1ccc(-c2ccc(C#N)c(F)c2)cc1. The molecule has 2 aromatic rings. The average Bonchev–Trinajstić information content (AvgIpc) is 2.87. The molecule has 1 N–H and O–H groups in total. The van der Waals surface area contributed by atoms with Crippen LogP contribution < -0.4 is 5.32 Å². The van der Waals surface area contributed by atoms with E-state index in [0.717, 1.165) is 36.8 Å². The van der Waals surface area contributed by atoms with Crippen molar-refractivity contribution in [1.29, 1.82) is 10.5 Å². The van der Waals surface area contributed by atoms with E-state index in [1.807, 2.05) is 30.3 Å². The number of carbonyl (C=O) groups is 2. The summed E-state index contributed by atoms with van der Waals surface area (Å²) in [6.07, 6.45) is 3.26. The lowest BCUT2D eigenvalue weighted by molar-refractivity contribution is -0.135. The number of nitriles is 2. The van der Waals surface area contributed by atoms with Crippen molar-refractivity contribution in [2.45, 2.75) is 76.6 Å². The van der Waals surface area contributed by atoms with E-state index in [1.165, 1.54) is 12.1 Å². The summed E-state index contributed by atoms with van der Waals surface area (Å²) >= 11 is 0. The topological polar surface area (TPSA) is 106 Å². The van der Waals surface area contributed by atoms with Crippen LogP contribution in [0.4, 0.5) is 9.18 Å². The molecule has 2 bridgehead atoms. The number of carbonyl (C=O) groups excluding carboxylic acids is 2. The number of piperidine rings is 2. The van der Waals surface area contributed by atoms with Crippen LogP contribution in [0.3, 0.4) is 0 Å².